The van der Waals surface area contributed by atoms with E-state index in [1.807, 2.05) is 41.3 Å². The third-order valence-corrected chi connectivity index (χ3v) is 4.89. The zero-order valence-electron chi connectivity index (χ0n) is 13.7. The van der Waals surface area contributed by atoms with Gasteiger partial charge in [-0.2, -0.15) is 0 Å². The first-order chi connectivity index (χ1) is 11.7. The van der Waals surface area contributed by atoms with Crippen LogP contribution in [-0.4, -0.2) is 39.3 Å². The first kappa shape index (κ1) is 16.8. The third kappa shape index (κ3) is 4.47. The van der Waals surface area contributed by atoms with Crippen molar-refractivity contribution in [1.29, 1.82) is 0 Å². The molecule has 0 N–H and O–H groups in total. The van der Waals surface area contributed by atoms with Crippen molar-refractivity contribution >= 4 is 29.8 Å². The molecule has 0 saturated carbocycles. The van der Waals surface area contributed by atoms with E-state index >= 15 is 0 Å². The highest BCUT2D eigenvalue weighted by atomic mass is 32.2. The van der Waals surface area contributed by atoms with E-state index in [1.165, 1.54) is 18.2 Å². The molecule has 0 radical (unpaired) electrons. The van der Waals surface area contributed by atoms with Gasteiger partial charge in [0.1, 0.15) is 0 Å². The second kappa shape index (κ2) is 8.15. The Labute approximate surface area is 146 Å². The van der Waals surface area contributed by atoms with Crippen molar-refractivity contribution in [2.75, 3.05) is 12.3 Å². The minimum Gasteiger partial charge on any atom is -0.412 e. The topological polar surface area (TPSA) is 59.2 Å². The SMILES string of the molecule is CC1CCCCN1C(=O)CSc1nnc(/C=C/c2ccccc2)o1. The van der Waals surface area contributed by atoms with E-state index in [0.29, 0.717) is 22.9 Å². The Morgan fingerprint density at radius 2 is 2.12 bits per heavy atom. The second-order valence-corrected chi connectivity index (χ2v) is 6.80. The second-order valence-electron chi connectivity index (χ2n) is 5.87. The number of hydrogen-bond acceptors (Lipinski definition) is 5. The summed E-state index contributed by atoms with van der Waals surface area (Å²) >= 11 is 1.30. The van der Waals surface area contributed by atoms with Crippen LogP contribution in [0.4, 0.5) is 0 Å². The Morgan fingerprint density at radius 1 is 1.29 bits per heavy atom. The molecule has 24 heavy (non-hydrogen) atoms. The normalized spacial score (nSPS) is 18.2. The fourth-order valence-corrected chi connectivity index (χ4v) is 3.41. The lowest BCUT2D eigenvalue weighted by Crippen LogP contribution is -2.42. The van der Waals surface area contributed by atoms with E-state index in [4.69, 9.17) is 4.42 Å². The molecule has 3 rings (SSSR count). The number of carbonyl (C=O) groups is 1. The predicted molar refractivity (Wildman–Crippen MR) is 95.4 cm³/mol. The molecule has 1 unspecified atom stereocenters. The molecule has 2 aromatic rings. The molecule has 2 heterocycles. The molecule has 126 valence electrons. The van der Waals surface area contributed by atoms with Crippen LogP contribution in [0.15, 0.2) is 40.0 Å². The molecule has 0 spiro atoms. The van der Waals surface area contributed by atoms with Gasteiger partial charge in [0.2, 0.25) is 11.8 Å². The van der Waals surface area contributed by atoms with Crippen LogP contribution in [0.2, 0.25) is 0 Å². The Balaban J connectivity index is 1.52. The van der Waals surface area contributed by atoms with E-state index in [1.54, 1.807) is 6.08 Å². The molecule has 1 aliphatic rings. The number of likely N-dealkylation sites (tertiary alicyclic amines) is 1. The van der Waals surface area contributed by atoms with Crippen molar-refractivity contribution < 1.29 is 9.21 Å². The molecule has 1 aromatic carbocycles. The Bertz CT molecular complexity index is 699. The van der Waals surface area contributed by atoms with Gasteiger partial charge >= 0.3 is 0 Å². The first-order valence-electron chi connectivity index (χ1n) is 8.21. The molecule has 0 aliphatic carbocycles. The van der Waals surface area contributed by atoms with E-state index in [-0.39, 0.29) is 5.91 Å². The summed E-state index contributed by atoms with van der Waals surface area (Å²) in [6.45, 7) is 2.97. The zero-order chi connectivity index (χ0) is 16.8. The van der Waals surface area contributed by atoms with Gasteiger partial charge in [-0.05, 0) is 37.8 Å². The van der Waals surface area contributed by atoms with Crippen molar-refractivity contribution in [2.45, 2.75) is 37.5 Å². The van der Waals surface area contributed by atoms with Gasteiger partial charge in [-0.15, -0.1) is 10.2 Å². The number of nitrogens with zero attached hydrogens (tertiary/aromatic N) is 3. The summed E-state index contributed by atoms with van der Waals surface area (Å²) < 4.78 is 5.55. The lowest BCUT2D eigenvalue weighted by molar-refractivity contribution is -0.131. The van der Waals surface area contributed by atoms with Gasteiger partial charge in [-0.1, -0.05) is 42.1 Å². The summed E-state index contributed by atoms with van der Waals surface area (Å²) in [6, 6.07) is 10.3. The smallest absolute Gasteiger partial charge is 0.277 e. The standard InChI is InChI=1S/C18H21N3O2S/c1-14-7-5-6-12-21(14)17(22)13-24-18-20-19-16(23-18)11-10-15-8-3-2-4-9-15/h2-4,8-11,14H,5-7,12-13H2,1H3/b11-10+. The molecule has 1 aromatic heterocycles. The zero-order valence-corrected chi connectivity index (χ0v) is 14.5. The van der Waals surface area contributed by atoms with Crippen LogP contribution >= 0.6 is 11.8 Å². The molecule has 1 amide bonds. The maximum Gasteiger partial charge on any atom is 0.277 e. The summed E-state index contributed by atoms with van der Waals surface area (Å²) in [5, 5.41) is 8.41. The number of hydrogen-bond donors (Lipinski definition) is 0. The molecule has 1 atom stereocenters. The monoisotopic (exact) mass is 343 g/mol. The highest BCUT2D eigenvalue weighted by Gasteiger charge is 2.23. The first-order valence-corrected chi connectivity index (χ1v) is 9.20. The van der Waals surface area contributed by atoms with Gasteiger partial charge in [0.05, 0.1) is 5.75 Å². The van der Waals surface area contributed by atoms with Gasteiger partial charge in [0, 0.05) is 18.7 Å². The van der Waals surface area contributed by atoms with Crippen LogP contribution in [0, 0.1) is 0 Å². The molecule has 6 heteroatoms. The van der Waals surface area contributed by atoms with Crippen molar-refractivity contribution in [1.82, 2.24) is 15.1 Å². The van der Waals surface area contributed by atoms with Gasteiger partial charge in [-0.25, -0.2) is 0 Å². The Morgan fingerprint density at radius 3 is 2.92 bits per heavy atom. The van der Waals surface area contributed by atoms with Gasteiger partial charge in [0.15, 0.2) is 0 Å². The third-order valence-electron chi connectivity index (χ3n) is 4.08. The quantitative estimate of drug-likeness (QED) is 0.774. The highest BCUT2D eigenvalue weighted by molar-refractivity contribution is 7.99. The van der Waals surface area contributed by atoms with Crippen LogP contribution in [0.5, 0.6) is 0 Å². The Kier molecular flexibility index (Phi) is 5.69. The molecular weight excluding hydrogens is 322 g/mol. The van der Waals surface area contributed by atoms with Crippen molar-refractivity contribution in [3.8, 4) is 0 Å². The number of benzene rings is 1. The maximum atomic E-state index is 12.3. The fraction of sp³-hybridized carbons (Fsp3) is 0.389. The van der Waals surface area contributed by atoms with Gasteiger partial charge in [-0.3, -0.25) is 4.79 Å². The largest absolute Gasteiger partial charge is 0.412 e. The Hall–Kier alpha value is -2.08. The number of carbonyl (C=O) groups excluding carboxylic acids is 1. The molecule has 5 nitrogen and oxygen atoms in total. The summed E-state index contributed by atoms with van der Waals surface area (Å²) in [4.78, 5) is 14.3. The molecule has 1 aliphatic heterocycles. The van der Waals surface area contributed by atoms with Crippen molar-refractivity contribution in [2.24, 2.45) is 0 Å². The molecule has 1 fully saturated rings. The molecule has 0 bridgehead atoms. The van der Waals surface area contributed by atoms with Crippen LogP contribution in [0.1, 0.15) is 37.6 Å². The van der Waals surface area contributed by atoms with Crippen LogP contribution in [-0.2, 0) is 4.79 Å². The molecular formula is C18H21N3O2S. The van der Waals surface area contributed by atoms with Crippen molar-refractivity contribution in [3.63, 3.8) is 0 Å². The summed E-state index contributed by atoms with van der Waals surface area (Å²) in [7, 11) is 0. The lowest BCUT2D eigenvalue weighted by Gasteiger charge is -2.33. The number of piperidine rings is 1. The summed E-state index contributed by atoms with van der Waals surface area (Å²) in [5.74, 6) is 0.931. The number of thioether (sulfide) groups is 1. The number of aromatic nitrogens is 2. The summed E-state index contributed by atoms with van der Waals surface area (Å²) in [5.41, 5.74) is 1.07. The predicted octanol–water partition coefficient (Wildman–Crippen LogP) is 3.73. The number of rotatable bonds is 5. The highest BCUT2D eigenvalue weighted by Crippen LogP contribution is 2.21. The maximum absolute atomic E-state index is 12.3. The van der Waals surface area contributed by atoms with Crippen molar-refractivity contribution in [3.05, 3.63) is 41.8 Å². The van der Waals surface area contributed by atoms with Crippen LogP contribution in [0.3, 0.4) is 0 Å². The average molecular weight is 343 g/mol. The average Bonchev–Trinajstić information content (AvgIpc) is 3.07. The minimum absolute atomic E-state index is 0.145. The lowest BCUT2D eigenvalue weighted by atomic mass is 10.0. The van der Waals surface area contributed by atoms with Crippen LogP contribution < -0.4 is 0 Å². The van der Waals surface area contributed by atoms with E-state index in [9.17, 15) is 4.79 Å². The van der Waals surface area contributed by atoms with E-state index in [0.717, 1.165) is 24.9 Å². The van der Waals surface area contributed by atoms with Crippen LogP contribution in [0.25, 0.3) is 12.2 Å². The molecule has 1 saturated heterocycles. The van der Waals surface area contributed by atoms with E-state index in [2.05, 4.69) is 17.1 Å². The minimum atomic E-state index is 0.145. The van der Waals surface area contributed by atoms with Gasteiger partial charge < -0.3 is 9.32 Å². The number of amides is 1. The van der Waals surface area contributed by atoms with E-state index < -0.39 is 0 Å². The summed E-state index contributed by atoms with van der Waals surface area (Å²) in [6.07, 6.45) is 7.09. The van der Waals surface area contributed by atoms with Gasteiger partial charge in [0.25, 0.3) is 5.22 Å². The fourth-order valence-electron chi connectivity index (χ4n) is 2.75.